The number of fused-ring (bicyclic) bond motifs is 1. The molecule has 0 bridgehead atoms. The van der Waals surface area contributed by atoms with Gasteiger partial charge in [0.25, 0.3) is 5.69 Å². The summed E-state index contributed by atoms with van der Waals surface area (Å²) in [5.74, 6) is 0. The van der Waals surface area contributed by atoms with Gasteiger partial charge in [0.05, 0.1) is 33.2 Å². The van der Waals surface area contributed by atoms with E-state index in [9.17, 15) is 20.2 Å². The molecule has 0 unspecified atom stereocenters. The molecule has 1 aromatic heterocycles. The molecular weight excluding hydrogens is 364 g/mol. The quantitative estimate of drug-likeness (QED) is 0.410. The van der Waals surface area contributed by atoms with Crippen molar-refractivity contribution in [3.05, 3.63) is 73.5 Å². The highest BCUT2D eigenvalue weighted by Gasteiger charge is 2.19. The third kappa shape index (κ3) is 3.54. The number of hydrogen-bond donors (Lipinski definition) is 1. The molecule has 130 valence electrons. The van der Waals surface area contributed by atoms with Crippen molar-refractivity contribution in [2.24, 2.45) is 5.10 Å². The fourth-order valence-electron chi connectivity index (χ4n) is 2.12. The Labute approximate surface area is 150 Å². The molecule has 0 aliphatic rings. The number of nitro benzene ring substituents is 2. The molecule has 0 aliphatic carbocycles. The Hall–Kier alpha value is -3.66. The van der Waals surface area contributed by atoms with Crippen molar-refractivity contribution in [2.75, 3.05) is 5.43 Å². The zero-order chi connectivity index (χ0) is 18.7. The van der Waals surface area contributed by atoms with Crippen molar-refractivity contribution in [3.63, 3.8) is 0 Å². The van der Waals surface area contributed by atoms with E-state index in [0.29, 0.717) is 11.0 Å². The van der Waals surface area contributed by atoms with Crippen LogP contribution < -0.4 is 5.43 Å². The molecule has 2 aromatic carbocycles. The Balaban J connectivity index is 1.88. The summed E-state index contributed by atoms with van der Waals surface area (Å²) in [6.07, 6.45) is 1.26. The fourth-order valence-corrected chi connectivity index (χ4v) is 2.30. The topological polar surface area (TPSA) is 136 Å². The lowest BCUT2D eigenvalue weighted by Crippen LogP contribution is -2.00. The van der Waals surface area contributed by atoms with Crippen LogP contribution in [0.4, 0.5) is 17.1 Å². The first kappa shape index (κ1) is 17.2. The summed E-state index contributed by atoms with van der Waals surface area (Å²) < 4.78 is 0. The first-order valence-corrected chi connectivity index (χ1v) is 7.47. The summed E-state index contributed by atoms with van der Waals surface area (Å²) in [6.45, 7) is 0. The molecule has 0 saturated heterocycles. The van der Waals surface area contributed by atoms with Crippen LogP contribution in [0, 0.1) is 20.2 Å². The predicted molar refractivity (Wildman–Crippen MR) is 95.5 cm³/mol. The van der Waals surface area contributed by atoms with E-state index in [0.717, 1.165) is 12.1 Å². The van der Waals surface area contributed by atoms with E-state index in [2.05, 4.69) is 20.5 Å². The Morgan fingerprint density at radius 1 is 1.04 bits per heavy atom. The summed E-state index contributed by atoms with van der Waals surface area (Å²) in [7, 11) is 0. The van der Waals surface area contributed by atoms with Crippen LogP contribution in [0.3, 0.4) is 0 Å². The lowest BCUT2D eigenvalue weighted by molar-refractivity contribution is -0.393. The highest BCUT2D eigenvalue weighted by atomic mass is 35.5. The van der Waals surface area contributed by atoms with Crippen LogP contribution in [0.1, 0.15) is 5.69 Å². The van der Waals surface area contributed by atoms with Gasteiger partial charge >= 0.3 is 5.69 Å². The summed E-state index contributed by atoms with van der Waals surface area (Å²) in [4.78, 5) is 28.8. The SMILES string of the molecule is O=[N+]([O-])c1ccc(NN=Cc2nc3ccccc3nc2Cl)c([N+](=O)[O-])c1. The van der Waals surface area contributed by atoms with E-state index in [1.807, 2.05) is 0 Å². The Morgan fingerprint density at radius 2 is 1.73 bits per heavy atom. The van der Waals surface area contributed by atoms with Crippen molar-refractivity contribution in [1.29, 1.82) is 0 Å². The molecule has 26 heavy (non-hydrogen) atoms. The summed E-state index contributed by atoms with van der Waals surface area (Å²) in [6, 6.07) is 10.3. The lowest BCUT2D eigenvalue weighted by atomic mass is 10.2. The average Bonchev–Trinajstić information content (AvgIpc) is 2.62. The second-order valence-corrected chi connectivity index (χ2v) is 5.33. The van der Waals surface area contributed by atoms with Gasteiger partial charge in [0.1, 0.15) is 11.4 Å². The second-order valence-electron chi connectivity index (χ2n) is 4.97. The third-order valence-corrected chi connectivity index (χ3v) is 3.59. The third-order valence-electron chi connectivity index (χ3n) is 3.31. The van der Waals surface area contributed by atoms with Gasteiger partial charge in [-0.3, -0.25) is 25.7 Å². The minimum Gasteiger partial charge on any atom is -0.272 e. The van der Waals surface area contributed by atoms with Crippen molar-refractivity contribution in [1.82, 2.24) is 9.97 Å². The molecule has 0 saturated carbocycles. The van der Waals surface area contributed by atoms with Crippen LogP contribution in [0.2, 0.25) is 5.15 Å². The Bertz CT molecular complexity index is 1060. The normalized spacial score (nSPS) is 11.0. The highest BCUT2D eigenvalue weighted by Crippen LogP contribution is 2.28. The van der Waals surface area contributed by atoms with Crippen LogP contribution in [0.5, 0.6) is 0 Å². The minimum atomic E-state index is -0.742. The molecule has 10 nitrogen and oxygen atoms in total. The zero-order valence-corrected chi connectivity index (χ0v) is 13.6. The monoisotopic (exact) mass is 372 g/mol. The first-order chi connectivity index (χ1) is 12.5. The van der Waals surface area contributed by atoms with Crippen molar-refractivity contribution in [2.45, 2.75) is 0 Å². The average molecular weight is 373 g/mol. The van der Waals surface area contributed by atoms with E-state index >= 15 is 0 Å². The molecular formula is C15H9ClN6O4. The summed E-state index contributed by atoms with van der Waals surface area (Å²) >= 11 is 6.05. The van der Waals surface area contributed by atoms with Gasteiger partial charge in [-0.25, -0.2) is 9.97 Å². The molecule has 3 rings (SSSR count). The number of rotatable bonds is 5. The summed E-state index contributed by atoms with van der Waals surface area (Å²) in [5.41, 5.74) is 3.07. The molecule has 1 heterocycles. The number of benzene rings is 2. The van der Waals surface area contributed by atoms with Crippen LogP contribution in [0.25, 0.3) is 11.0 Å². The van der Waals surface area contributed by atoms with Crippen LogP contribution in [-0.2, 0) is 0 Å². The first-order valence-electron chi connectivity index (χ1n) is 7.10. The number of anilines is 1. The number of halogens is 1. The van der Waals surface area contributed by atoms with Crippen molar-refractivity contribution in [3.8, 4) is 0 Å². The molecule has 0 amide bonds. The fraction of sp³-hybridized carbons (Fsp3) is 0. The van der Waals surface area contributed by atoms with Crippen molar-refractivity contribution >= 4 is 45.9 Å². The van der Waals surface area contributed by atoms with E-state index < -0.39 is 21.2 Å². The van der Waals surface area contributed by atoms with Gasteiger partial charge in [0.15, 0.2) is 5.15 Å². The molecule has 11 heteroatoms. The molecule has 0 spiro atoms. The zero-order valence-electron chi connectivity index (χ0n) is 12.9. The maximum atomic E-state index is 11.1. The van der Waals surface area contributed by atoms with Gasteiger partial charge in [-0.05, 0) is 18.2 Å². The number of hydrazone groups is 1. The maximum Gasteiger partial charge on any atom is 0.301 e. The molecule has 0 radical (unpaired) electrons. The number of nitro groups is 2. The van der Waals surface area contributed by atoms with E-state index in [-0.39, 0.29) is 16.5 Å². The van der Waals surface area contributed by atoms with Gasteiger partial charge in [0.2, 0.25) is 0 Å². The number of aromatic nitrogens is 2. The number of hydrogen-bond acceptors (Lipinski definition) is 8. The molecule has 0 atom stereocenters. The van der Waals surface area contributed by atoms with E-state index in [1.54, 1.807) is 24.3 Å². The van der Waals surface area contributed by atoms with E-state index in [1.165, 1.54) is 12.3 Å². The van der Waals surface area contributed by atoms with E-state index in [4.69, 9.17) is 11.6 Å². The number of nitrogens with one attached hydrogen (secondary N) is 1. The number of para-hydroxylation sites is 2. The molecule has 1 N–H and O–H groups in total. The lowest BCUT2D eigenvalue weighted by Gasteiger charge is -2.03. The number of nitrogens with zero attached hydrogens (tertiary/aromatic N) is 5. The maximum absolute atomic E-state index is 11.1. The van der Waals surface area contributed by atoms with Gasteiger partial charge in [-0.2, -0.15) is 5.10 Å². The highest BCUT2D eigenvalue weighted by molar-refractivity contribution is 6.32. The van der Waals surface area contributed by atoms with Crippen molar-refractivity contribution < 1.29 is 9.85 Å². The largest absolute Gasteiger partial charge is 0.301 e. The van der Waals surface area contributed by atoms with Crippen LogP contribution in [0.15, 0.2) is 47.6 Å². The molecule has 3 aromatic rings. The second kappa shape index (κ2) is 7.07. The Kier molecular flexibility index (Phi) is 4.67. The molecule has 0 fully saturated rings. The molecule has 0 aliphatic heterocycles. The smallest absolute Gasteiger partial charge is 0.272 e. The predicted octanol–water partition coefficient (Wildman–Crippen LogP) is 3.55. The van der Waals surface area contributed by atoms with Gasteiger partial charge in [0, 0.05) is 6.07 Å². The van der Waals surface area contributed by atoms with Crippen LogP contribution >= 0.6 is 11.6 Å². The summed E-state index contributed by atoms with van der Waals surface area (Å²) in [5, 5.41) is 25.8. The van der Waals surface area contributed by atoms with Crippen LogP contribution in [-0.4, -0.2) is 26.0 Å². The standard InChI is InChI=1S/C15H9ClN6O4/c16-15-13(18-10-3-1-2-4-11(10)19-15)8-17-20-12-6-5-9(21(23)24)7-14(12)22(25)26/h1-8,20H. The van der Waals surface area contributed by atoms with Gasteiger partial charge in [-0.1, -0.05) is 23.7 Å². The number of non-ortho nitro benzene ring substituents is 1. The van der Waals surface area contributed by atoms with Gasteiger partial charge < -0.3 is 0 Å². The minimum absolute atomic E-state index is 0.0123. The Morgan fingerprint density at radius 3 is 2.38 bits per heavy atom. The van der Waals surface area contributed by atoms with Gasteiger partial charge in [-0.15, -0.1) is 0 Å².